The molecule has 1 heterocycles. The average Bonchev–Trinajstić information content (AvgIpc) is 2.68. The third-order valence-electron chi connectivity index (χ3n) is 5.24. The van der Waals surface area contributed by atoms with E-state index < -0.39 is 14.9 Å². The number of non-ortho nitro benzene ring substituents is 1. The number of rotatable bonds is 6. The lowest BCUT2D eigenvalue weighted by molar-refractivity contribution is -0.385. The number of sulfonamides is 1. The van der Waals surface area contributed by atoms with Gasteiger partial charge in [0.2, 0.25) is 10.0 Å². The zero-order valence-electron chi connectivity index (χ0n) is 16.1. The van der Waals surface area contributed by atoms with Crippen molar-refractivity contribution in [3.8, 4) is 0 Å². The van der Waals surface area contributed by atoms with Crippen molar-refractivity contribution in [3.05, 3.63) is 70.3 Å². The van der Waals surface area contributed by atoms with Crippen LogP contribution < -0.4 is 0 Å². The molecule has 2 atom stereocenters. The molecule has 0 radical (unpaired) electrons. The first-order chi connectivity index (χ1) is 13.3. The molecule has 1 fully saturated rings. The van der Waals surface area contributed by atoms with E-state index in [2.05, 4.69) is 17.0 Å². The van der Waals surface area contributed by atoms with Gasteiger partial charge in [-0.15, -0.1) is 0 Å². The molecule has 0 aliphatic carbocycles. The van der Waals surface area contributed by atoms with E-state index in [4.69, 9.17) is 0 Å². The third-order valence-corrected chi connectivity index (χ3v) is 7.06. The van der Waals surface area contributed by atoms with Crippen molar-refractivity contribution in [3.63, 3.8) is 0 Å². The van der Waals surface area contributed by atoms with Crippen LogP contribution in [-0.4, -0.2) is 54.3 Å². The molecule has 28 heavy (non-hydrogen) atoms. The Bertz CT molecular complexity index is 921. The molecule has 0 spiro atoms. The van der Waals surface area contributed by atoms with Gasteiger partial charge in [0.15, 0.2) is 0 Å². The lowest BCUT2D eigenvalue weighted by Crippen LogP contribution is -2.58. The number of piperazine rings is 1. The standard InChI is InChI=1S/C20H25N3O4S/c1-16-14-21(28(26,27)20-10-6-9-19(13-20)23(24)25)15-17(2)22(16)12-11-18-7-4-3-5-8-18/h3-10,13,16-17H,11-12,14-15H2,1-2H3. The molecule has 1 aliphatic heterocycles. The van der Waals surface area contributed by atoms with Crippen LogP contribution in [0.25, 0.3) is 0 Å². The normalized spacial score (nSPS) is 21.5. The van der Waals surface area contributed by atoms with E-state index >= 15 is 0 Å². The fraction of sp³-hybridized carbons (Fsp3) is 0.400. The molecule has 2 aromatic carbocycles. The fourth-order valence-corrected chi connectivity index (χ4v) is 5.40. The number of hydrogen-bond acceptors (Lipinski definition) is 5. The second-order valence-corrected chi connectivity index (χ2v) is 9.19. The summed E-state index contributed by atoms with van der Waals surface area (Å²) in [5.41, 5.74) is 1.04. The second kappa shape index (κ2) is 8.38. The SMILES string of the molecule is CC1CN(S(=O)(=O)c2cccc([N+](=O)[O-])c2)CC(C)N1CCc1ccccc1. The molecule has 0 amide bonds. The summed E-state index contributed by atoms with van der Waals surface area (Å²) in [6, 6.07) is 15.6. The van der Waals surface area contributed by atoms with Crippen molar-refractivity contribution < 1.29 is 13.3 Å². The molecule has 0 saturated carbocycles. The molecule has 0 bridgehead atoms. The quantitative estimate of drug-likeness (QED) is 0.547. The molecule has 3 rings (SSSR count). The lowest BCUT2D eigenvalue weighted by atomic mass is 10.1. The van der Waals surface area contributed by atoms with Crippen molar-refractivity contribution >= 4 is 15.7 Å². The lowest BCUT2D eigenvalue weighted by Gasteiger charge is -2.43. The van der Waals surface area contributed by atoms with Gasteiger partial charge < -0.3 is 0 Å². The van der Waals surface area contributed by atoms with E-state index in [0.717, 1.165) is 19.0 Å². The van der Waals surface area contributed by atoms with Crippen LogP contribution >= 0.6 is 0 Å². The molecule has 8 heteroatoms. The van der Waals surface area contributed by atoms with E-state index in [1.165, 1.54) is 28.1 Å². The summed E-state index contributed by atoms with van der Waals surface area (Å²) in [4.78, 5) is 12.7. The minimum Gasteiger partial charge on any atom is -0.295 e. The van der Waals surface area contributed by atoms with Crippen molar-refractivity contribution in [1.82, 2.24) is 9.21 Å². The number of nitro benzene ring substituents is 1. The van der Waals surface area contributed by atoms with Crippen LogP contribution in [0.1, 0.15) is 19.4 Å². The first kappa shape index (κ1) is 20.4. The van der Waals surface area contributed by atoms with Gasteiger partial charge in [0, 0.05) is 43.9 Å². The molecule has 0 aromatic heterocycles. The van der Waals surface area contributed by atoms with Crippen LogP contribution in [0.3, 0.4) is 0 Å². The topological polar surface area (TPSA) is 83.8 Å². The highest BCUT2D eigenvalue weighted by atomic mass is 32.2. The Morgan fingerprint density at radius 1 is 1.04 bits per heavy atom. The van der Waals surface area contributed by atoms with Gasteiger partial charge in [-0.1, -0.05) is 36.4 Å². The molecule has 1 saturated heterocycles. The number of hydrogen-bond donors (Lipinski definition) is 0. The van der Waals surface area contributed by atoms with Gasteiger partial charge >= 0.3 is 0 Å². The average molecular weight is 404 g/mol. The van der Waals surface area contributed by atoms with Crippen molar-refractivity contribution in [2.45, 2.75) is 37.2 Å². The summed E-state index contributed by atoms with van der Waals surface area (Å²) in [7, 11) is -3.77. The Kier molecular flexibility index (Phi) is 6.12. The Labute approximate surface area is 165 Å². The maximum atomic E-state index is 13.0. The fourth-order valence-electron chi connectivity index (χ4n) is 3.75. The minimum atomic E-state index is -3.77. The Hall–Kier alpha value is -2.29. The Balaban J connectivity index is 1.72. The molecule has 2 aromatic rings. The number of benzene rings is 2. The predicted molar refractivity (Wildman–Crippen MR) is 108 cm³/mol. The van der Waals surface area contributed by atoms with Crippen molar-refractivity contribution in [1.29, 1.82) is 0 Å². The van der Waals surface area contributed by atoms with Gasteiger partial charge in [-0.3, -0.25) is 15.0 Å². The highest BCUT2D eigenvalue weighted by Gasteiger charge is 2.36. The monoisotopic (exact) mass is 403 g/mol. The van der Waals surface area contributed by atoms with Crippen molar-refractivity contribution in [2.24, 2.45) is 0 Å². The molecule has 150 valence electrons. The van der Waals surface area contributed by atoms with Gasteiger partial charge in [0.25, 0.3) is 5.69 Å². The summed E-state index contributed by atoms with van der Waals surface area (Å²) in [5.74, 6) is 0. The Morgan fingerprint density at radius 3 is 2.29 bits per heavy atom. The molecular formula is C20H25N3O4S. The van der Waals surface area contributed by atoms with Crippen LogP contribution in [-0.2, 0) is 16.4 Å². The van der Waals surface area contributed by atoms with Crippen LogP contribution in [0, 0.1) is 10.1 Å². The van der Waals surface area contributed by atoms with E-state index in [1.807, 2.05) is 32.0 Å². The summed E-state index contributed by atoms with van der Waals surface area (Å²) in [6.07, 6.45) is 0.910. The third kappa shape index (κ3) is 4.40. The van der Waals surface area contributed by atoms with Crippen LogP contribution in [0.15, 0.2) is 59.5 Å². The van der Waals surface area contributed by atoms with Crippen LogP contribution in [0.2, 0.25) is 0 Å². The van der Waals surface area contributed by atoms with Gasteiger partial charge in [-0.05, 0) is 31.9 Å². The largest absolute Gasteiger partial charge is 0.295 e. The number of nitro groups is 1. The molecule has 7 nitrogen and oxygen atoms in total. The highest BCUT2D eigenvalue weighted by Crippen LogP contribution is 2.25. The Morgan fingerprint density at radius 2 is 1.68 bits per heavy atom. The maximum Gasteiger partial charge on any atom is 0.270 e. The van der Waals surface area contributed by atoms with Crippen LogP contribution in [0.5, 0.6) is 0 Å². The molecule has 1 aliphatic rings. The highest BCUT2D eigenvalue weighted by molar-refractivity contribution is 7.89. The summed E-state index contributed by atoms with van der Waals surface area (Å²) in [6.45, 7) is 5.64. The minimum absolute atomic E-state index is 0.0289. The molecule has 2 unspecified atom stereocenters. The molecule has 0 N–H and O–H groups in total. The van der Waals surface area contributed by atoms with Gasteiger partial charge in [-0.25, -0.2) is 8.42 Å². The van der Waals surface area contributed by atoms with E-state index in [-0.39, 0.29) is 22.7 Å². The zero-order chi connectivity index (χ0) is 20.3. The predicted octanol–water partition coefficient (Wildman–Crippen LogP) is 2.92. The van der Waals surface area contributed by atoms with Gasteiger partial charge in [0.05, 0.1) is 9.82 Å². The first-order valence-corrected chi connectivity index (χ1v) is 10.8. The van der Waals surface area contributed by atoms with E-state index in [9.17, 15) is 18.5 Å². The van der Waals surface area contributed by atoms with E-state index in [0.29, 0.717) is 13.1 Å². The van der Waals surface area contributed by atoms with E-state index in [1.54, 1.807) is 0 Å². The second-order valence-electron chi connectivity index (χ2n) is 7.25. The van der Waals surface area contributed by atoms with Gasteiger partial charge in [-0.2, -0.15) is 4.31 Å². The first-order valence-electron chi connectivity index (χ1n) is 9.33. The molecular weight excluding hydrogens is 378 g/mol. The summed E-state index contributed by atoms with van der Waals surface area (Å²) < 4.78 is 27.5. The van der Waals surface area contributed by atoms with Gasteiger partial charge in [0.1, 0.15) is 0 Å². The van der Waals surface area contributed by atoms with Crippen LogP contribution in [0.4, 0.5) is 5.69 Å². The summed E-state index contributed by atoms with van der Waals surface area (Å²) in [5, 5.41) is 11.0. The summed E-state index contributed by atoms with van der Waals surface area (Å²) >= 11 is 0. The maximum absolute atomic E-state index is 13.0. The number of nitrogens with zero attached hydrogens (tertiary/aromatic N) is 3. The smallest absolute Gasteiger partial charge is 0.270 e. The zero-order valence-corrected chi connectivity index (χ0v) is 16.9. The van der Waals surface area contributed by atoms with Crippen molar-refractivity contribution in [2.75, 3.05) is 19.6 Å².